The molecule has 3 aromatic rings. The molecule has 27 heavy (non-hydrogen) atoms. The second-order valence-corrected chi connectivity index (χ2v) is 6.36. The van der Waals surface area contributed by atoms with Crippen molar-refractivity contribution in [1.82, 2.24) is 15.0 Å². The smallest absolute Gasteiger partial charge is 0.259 e. The van der Waals surface area contributed by atoms with Gasteiger partial charge in [-0.15, -0.1) is 0 Å². The molecule has 2 heterocycles. The maximum atomic E-state index is 14.2. The van der Waals surface area contributed by atoms with Gasteiger partial charge in [-0.3, -0.25) is 4.79 Å². The molecule has 2 aromatic heterocycles. The summed E-state index contributed by atoms with van der Waals surface area (Å²) < 4.78 is 19.5. The number of pyridine rings is 1. The van der Waals surface area contributed by atoms with Gasteiger partial charge in [0.1, 0.15) is 5.82 Å². The number of halogens is 1. The summed E-state index contributed by atoms with van der Waals surface area (Å²) in [6, 6.07) is 9.91. The quantitative estimate of drug-likeness (QED) is 0.682. The molecule has 0 aliphatic heterocycles. The van der Waals surface area contributed by atoms with Crippen molar-refractivity contribution in [3.05, 3.63) is 47.4 Å². The Morgan fingerprint density at radius 3 is 2.81 bits per heavy atom. The lowest BCUT2D eigenvalue weighted by atomic mass is 10.0. The fraction of sp³-hybridized carbons (Fsp3) is 0.300. The maximum absolute atomic E-state index is 14.2. The first-order valence-electron chi connectivity index (χ1n) is 8.67. The number of nitriles is 1. The Bertz CT molecular complexity index is 1040. The van der Waals surface area contributed by atoms with E-state index in [2.05, 4.69) is 16.2 Å². The van der Waals surface area contributed by atoms with E-state index in [-0.39, 0.29) is 23.1 Å². The average molecular weight is 366 g/mol. The van der Waals surface area contributed by atoms with E-state index in [0.717, 1.165) is 0 Å². The lowest BCUT2D eigenvalue weighted by Crippen LogP contribution is -2.34. The fourth-order valence-corrected chi connectivity index (χ4v) is 2.97. The summed E-state index contributed by atoms with van der Waals surface area (Å²) >= 11 is 0. The van der Waals surface area contributed by atoms with Crippen LogP contribution in [-0.4, -0.2) is 34.0 Å². The predicted molar refractivity (Wildman–Crippen MR) is 98.3 cm³/mol. The van der Waals surface area contributed by atoms with Gasteiger partial charge in [-0.05, 0) is 39.0 Å². The van der Waals surface area contributed by atoms with Gasteiger partial charge in [-0.1, -0.05) is 17.3 Å². The van der Waals surface area contributed by atoms with E-state index in [4.69, 9.17) is 9.78 Å². The van der Waals surface area contributed by atoms with Crippen LogP contribution in [0.1, 0.15) is 29.9 Å². The molecule has 0 saturated heterocycles. The Hall–Kier alpha value is -3.27. The van der Waals surface area contributed by atoms with E-state index >= 15 is 0 Å². The van der Waals surface area contributed by atoms with E-state index in [0.29, 0.717) is 35.4 Å². The highest BCUT2D eigenvalue weighted by Crippen LogP contribution is 2.29. The number of carbonyl (C=O) groups is 1. The lowest BCUT2D eigenvalue weighted by molar-refractivity contribution is 0.0754. The summed E-state index contributed by atoms with van der Waals surface area (Å²) in [5.74, 6) is -1.01. The molecule has 0 aliphatic carbocycles. The number of nitrogens with zero attached hydrogens (tertiary/aromatic N) is 4. The van der Waals surface area contributed by atoms with Gasteiger partial charge in [0.25, 0.3) is 11.6 Å². The highest BCUT2D eigenvalue weighted by Gasteiger charge is 2.24. The van der Waals surface area contributed by atoms with E-state index in [1.54, 1.807) is 43.0 Å². The zero-order valence-corrected chi connectivity index (χ0v) is 15.4. The van der Waals surface area contributed by atoms with Crippen molar-refractivity contribution in [3.63, 3.8) is 0 Å². The highest BCUT2D eigenvalue weighted by molar-refractivity contribution is 6.07. The molecule has 0 bridgehead atoms. The molecule has 0 aliphatic rings. The molecule has 3 rings (SSSR count). The van der Waals surface area contributed by atoms with Gasteiger partial charge in [0.2, 0.25) is 0 Å². The fourth-order valence-electron chi connectivity index (χ4n) is 2.97. The molecule has 0 radical (unpaired) electrons. The van der Waals surface area contributed by atoms with Gasteiger partial charge in [0.15, 0.2) is 0 Å². The summed E-state index contributed by atoms with van der Waals surface area (Å²) in [5.41, 5.74) is 1.62. The van der Waals surface area contributed by atoms with Gasteiger partial charge in [-0.2, -0.15) is 5.26 Å². The van der Waals surface area contributed by atoms with Crippen LogP contribution in [0.5, 0.6) is 0 Å². The van der Waals surface area contributed by atoms with Crippen LogP contribution in [0.4, 0.5) is 4.39 Å². The number of benzene rings is 1. The van der Waals surface area contributed by atoms with Gasteiger partial charge < -0.3 is 9.42 Å². The highest BCUT2D eigenvalue weighted by atomic mass is 19.1. The van der Waals surface area contributed by atoms with Crippen molar-refractivity contribution in [1.29, 1.82) is 5.26 Å². The molecule has 1 amide bonds. The molecule has 138 valence electrons. The van der Waals surface area contributed by atoms with Crippen LogP contribution in [0.25, 0.3) is 22.4 Å². The molecule has 0 N–H and O–H groups in total. The maximum Gasteiger partial charge on any atom is 0.259 e. The summed E-state index contributed by atoms with van der Waals surface area (Å²) in [6.45, 7) is 6.07. The summed E-state index contributed by atoms with van der Waals surface area (Å²) in [7, 11) is 0. The van der Waals surface area contributed by atoms with Crippen LogP contribution in [0.3, 0.4) is 0 Å². The summed E-state index contributed by atoms with van der Waals surface area (Å²) in [5, 5.41) is 13.5. The number of amides is 1. The normalized spacial score (nSPS) is 12.0. The third-order valence-corrected chi connectivity index (χ3v) is 4.38. The number of aromatic nitrogens is 2. The minimum absolute atomic E-state index is 0.181. The van der Waals surface area contributed by atoms with Crippen molar-refractivity contribution >= 4 is 17.0 Å². The first kappa shape index (κ1) is 18.5. The van der Waals surface area contributed by atoms with Crippen molar-refractivity contribution < 1.29 is 13.7 Å². The number of carbonyl (C=O) groups excluding carboxylic acids is 1. The topological polar surface area (TPSA) is 83.0 Å². The van der Waals surface area contributed by atoms with Crippen molar-refractivity contribution in [2.24, 2.45) is 5.92 Å². The number of hydrogen-bond acceptors (Lipinski definition) is 5. The average Bonchev–Trinajstić information content (AvgIpc) is 3.06. The van der Waals surface area contributed by atoms with Crippen molar-refractivity contribution in [2.45, 2.75) is 20.8 Å². The zero-order valence-electron chi connectivity index (χ0n) is 15.4. The SMILES string of the molecule is CCN(C[C@@H](C)C#N)C(=O)c1cc(-c2ccccc2F)nc2onc(C)c12. The Kier molecular flexibility index (Phi) is 5.17. The number of fused-ring (bicyclic) bond motifs is 1. The standard InChI is InChI=1S/C20H19FN4O2/c1-4-25(11-12(2)10-22)20(26)15-9-17(14-7-5-6-8-16(14)21)23-19-18(15)13(3)24-27-19/h5-9,12H,4,11H2,1-3H3/t12-/m0/s1. The summed E-state index contributed by atoms with van der Waals surface area (Å²) in [6.07, 6.45) is 0. The van der Waals surface area contributed by atoms with Crippen LogP contribution in [-0.2, 0) is 0 Å². The lowest BCUT2D eigenvalue weighted by Gasteiger charge is -2.22. The van der Waals surface area contributed by atoms with Crippen LogP contribution in [0.15, 0.2) is 34.9 Å². The monoisotopic (exact) mass is 366 g/mol. The molecule has 0 unspecified atom stereocenters. The van der Waals surface area contributed by atoms with E-state index in [1.807, 2.05) is 6.92 Å². The number of hydrogen-bond donors (Lipinski definition) is 0. The second kappa shape index (κ2) is 7.54. The number of aryl methyl sites for hydroxylation is 1. The minimum atomic E-state index is -0.440. The van der Waals surface area contributed by atoms with Crippen molar-refractivity contribution in [3.8, 4) is 17.3 Å². The first-order valence-corrected chi connectivity index (χ1v) is 8.67. The van der Waals surface area contributed by atoms with E-state index < -0.39 is 5.82 Å². The molecule has 7 heteroatoms. The summed E-state index contributed by atoms with van der Waals surface area (Å²) in [4.78, 5) is 19.1. The third kappa shape index (κ3) is 3.51. The Morgan fingerprint density at radius 2 is 2.15 bits per heavy atom. The Morgan fingerprint density at radius 1 is 1.41 bits per heavy atom. The van der Waals surface area contributed by atoms with Crippen LogP contribution in [0.2, 0.25) is 0 Å². The van der Waals surface area contributed by atoms with Gasteiger partial charge in [-0.25, -0.2) is 9.37 Å². The molecule has 1 aromatic carbocycles. The first-order chi connectivity index (χ1) is 13.0. The molecule has 6 nitrogen and oxygen atoms in total. The predicted octanol–water partition coefficient (Wildman–Crippen LogP) is 3.96. The van der Waals surface area contributed by atoms with Crippen LogP contribution >= 0.6 is 0 Å². The van der Waals surface area contributed by atoms with Gasteiger partial charge in [0.05, 0.1) is 34.3 Å². The zero-order chi connectivity index (χ0) is 19.6. The Labute approximate surface area is 156 Å². The largest absolute Gasteiger partial charge is 0.338 e. The third-order valence-electron chi connectivity index (χ3n) is 4.38. The molecule has 0 fully saturated rings. The molecule has 1 atom stereocenters. The molecule has 0 spiro atoms. The van der Waals surface area contributed by atoms with Gasteiger partial charge >= 0.3 is 0 Å². The molecule has 0 saturated carbocycles. The van der Waals surface area contributed by atoms with E-state index in [1.165, 1.54) is 6.07 Å². The molecular weight excluding hydrogens is 347 g/mol. The Balaban J connectivity index is 2.16. The molecular formula is C20H19FN4O2. The van der Waals surface area contributed by atoms with Gasteiger partial charge in [0, 0.05) is 18.7 Å². The van der Waals surface area contributed by atoms with Crippen molar-refractivity contribution in [2.75, 3.05) is 13.1 Å². The van der Waals surface area contributed by atoms with E-state index in [9.17, 15) is 9.18 Å². The number of rotatable bonds is 5. The van der Waals surface area contributed by atoms with Crippen LogP contribution < -0.4 is 0 Å². The second-order valence-electron chi connectivity index (χ2n) is 6.36. The minimum Gasteiger partial charge on any atom is -0.338 e. The van der Waals surface area contributed by atoms with Crippen LogP contribution in [0, 0.1) is 30.0 Å².